The summed E-state index contributed by atoms with van der Waals surface area (Å²) in [6.07, 6.45) is 2.89. The summed E-state index contributed by atoms with van der Waals surface area (Å²) in [5.74, 6) is -1.74. The van der Waals surface area contributed by atoms with E-state index in [1.165, 1.54) is 18.5 Å². The number of benzene rings is 1. The first-order chi connectivity index (χ1) is 17.2. The van der Waals surface area contributed by atoms with E-state index >= 15 is 0 Å². The maximum absolute atomic E-state index is 14.7. The number of hydrogen-bond donors (Lipinski definition) is 1. The molecule has 1 atom stereocenters. The molecule has 0 spiro atoms. The van der Waals surface area contributed by atoms with E-state index in [2.05, 4.69) is 20.3 Å². The highest BCUT2D eigenvalue weighted by atomic mass is 19.2. The summed E-state index contributed by atoms with van der Waals surface area (Å²) >= 11 is 0. The molecule has 1 amide bonds. The smallest absolute Gasteiger partial charge is 0.410 e. The highest BCUT2D eigenvalue weighted by Crippen LogP contribution is 2.33. The number of carbonyl (C=O) groups is 1. The summed E-state index contributed by atoms with van der Waals surface area (Å²) in [6.45, 7) is 6.33. The molecule has 2 fully saturated rings. The summed E-state index contributed by atoms with van der Waals surface area (Å²) in [5.41, 5.74) is 0.144. The summed E-state index contributed by atoms with van der Waals surface area (Å²) in [5, 5.41) is 2.81. The number of nitrogens with zero attached hydrogens (tertiary/aromatic N) is 4. The predicted octanol–water partition coefficient (Wildman–Crippen LogP) is 4.98. The van der Waals surface area contributed by atoms with Gasteiger partial charge in [0.2, 0.25) is 11.7 Å². The van der Waals surface area contributed by atoms with Gasteiger partial charge in [-0.2, -0.15) is 4.39 Å². The monoisotopic (exact) mass is 499 g/mol. The van der Waals surface area contributed by atoms with Crippen LogP contribution in [0, 0.1) is 11.6 Å². The fourth-order valence-electron chi connectivity index (χ4n) is 3.78. The Labute approximate surface area is 206 Å². The fourth-order valence-corrected chi connectivity index (χ4v) is 3.78. The molecule has 1 saturated carbocycles. The van der Waals surface area contributed by atoms with Crippen LogP contribution in [0.15, 0.2) is 30.6 Å². The van der Waals surface area contributed by atoms with Crippen molar-refractivity contribution in [3.63, 3.8) is 0 Å². The fraction of sp³-hybridized carbons (Fsp3) is 0.440. The van der Waals surface area contributed by atoms with Crippen LogP contribution in [-0.4, -0.2) is 56.8 Å². The number of hydrogen-bond acceptors (Lipinski definition) is 8. The minimum atomic E-state index is -1.07. The lowest BCUT2D eigenvalue weighted by Gasteiger charge is -2.24. The molecule has 1 saturated heterocycles. The van der Waals surface area contributed by atoms with Gasteiger partial charge in [-0.15, -0.1) is 0 Å². The van der Waals surface area contributed by atoms with E-state index in [0.717, 1.165) is 12.8 Å². The Balaban J connectivity index is 1.31. The quantitative estimate of drug-likeness (QED) is 0.507. The van der Waals surface area contributed by atoms with E-state index in [1.54, 1.807) is 17.0 Å². The first-order valence-electron chi connectivity index (χ1n) is 11.8. The Kier molecular flexibility index (Phi) is 6.23. The molecule has 2 aliphatic rings. The van der Waals surface area contributed by atoms with Gasteiger partial charge in [0.15, 0.2) is 17.4 Å². The molecule has 5 rings (SSSR count). The van der Waals surface area contributed by atoms with Crippen LogP contribution in [0.3, 0.4) is 0 Å². The number of anilines is 2. The average Bonchev–Trinajstić information content (AvgIpc) is 3.52. The molecular formula is C25H27F2N5O4. The lowest BCUT2D eigenvalue weighted by molar-refractivity contribution is 0.0275. The van der Waals surface area contributed by atoms with Crippen molar-refractivity contribution in [3.05, 3.63) is 42.2 Å². The molecule has 0 unspecified atom stereocenters. The summed E-state index contributed by atoms with van der Waals surface area (Å²) < 4.78 is 46.1. The molecule has 1 aliphatic heterocycles. The summed E-state index contributed by atoms with van der Waals surface area (Å²) in [4.78, 5) is 26.8. The number of nitrogens with one attached hydrogen (secondary N) is 1. The molecule has 1 aliphatic carbocycles. The van der Waals surface area contributed by atoms with Gasteiger partial charge in [-0.05, 0) is 51.8 Å². The molecule has 3 aromatic rings. The normalized spacial score (nSPS) is 17.8. The van der Waals surface area contributed by atoms with E-state index in [4.69, 9.17) is 14.2 Å². The molecule has 0 radical (unpaired) electrons. The lowest BCUT2D eigenvalue weighted by Crippen LogP contribution is -2.36. The number of fused-ring (bicyclic) bond motifs is 1. The van der Waals surface area contributed by atoms with Gasteiger partial charge in [0.1, 0.15) is 23.5 Å². The summed E-state index contributed by atoms with van der Waals surface area (Å²) in [6, 6.07) is 6.16. The van der Waals surface area contributed by atoms with E-state index < -0.39 is 17.2 Å². The van der Waals surface area contributed by atoms with Crippen molar-refractivity contribution in [3.8, 4) is 11.6 Å². The highest BCUT2D eigenvalue weighted by Gasteiger charge is 2.31. The first-order valence-corrected chi connectivity index (χ1v) is 11.8. The third kappa shape index (κ3) is 5.39. The minimum Gasteiger partial charge on any atom is -0.487 e. The number of rotatable bonds is 6. The number of likely N-dealkylation sites (tertiary alicyclic amines) is 1. The van der Waals surface area contributed by atoms with Crippen LogP contribution >= 0.6 is 0 Å². The first kappa shape index (κ1) is 24.0. The predicted molar refractivity (Wildman–Crippen MR) is 127 cm³/mol. The number of amides is 1. The minimum absolute atomic E-state index is 0.0535. The second-order valence-electron chi connectivity index (χ2n) is 9.88. The molecular weight excluding hydrogens is 472 g/mol. The van der Waals surface area contributed by atoms with Gasteiger partial charge in [0.25, 0.3) is 0 Å². The van der Waals surface area contributed by atoms with Crippen molar-refractivity contribution in [2.75, 3.05) is 18.4 Å². The van der Waals surface area contributed by atoms with Crippen molar-refractivity contribution in [2.24, 2.45) is 0 Å². The van der Waals surface area contributed by atoms with Crippen LogP contribution < -0.4 is 14.8 Å². The van der Waals surface area contributed by atoms with Gasteiger partial charge >= 0.3 is 6.09 Å². The molecule has 1 aromatic carbocycles. The Morgan fingerprint density at radius 3 is 2.58 bits per heavy atom. The number of carbonyl (C=O) groups excluding carboxylic acids is 1. The molecule has 9 nitrogen and oxygen atoms in total. The average molecular weight is 500 g/mol. The molecule has 1 N–H and O–H groups in total. The molecule has 2 aromatic heterocycles. The number of pyridine rings is 1. The van der Waals surface area contributed by atoms with Crippen LogP contribution in [0.5, 0.6) is 11.6 Å². The van der Waals surface area contributed by atoms with Crippen LogP contribution in [0.1, 0.15) is 40.0 Å². The zero-order valence-electron chi connectivity index (χ0n) is 20.3. The third-order valence-electron chi connectivity index (χ3n) is 5.66. The highest BCUT2D eigenvalue weighted by molar-refractivity contribution is 5.87. The van der Waals surface area contributed by atoms with E-state index in [-0.39, 0.29) is 35.6 Å². The molecule has 3 heterocycles. The van der Waals surface area contributed by atoms with Crippen molar-refractivity contribution < 1.29 is 27.8 Å². The van der Waals surface area contributed by atoms with E-state index in [9.17, 15) is 13.6 Å². The van der Waals surface area contributed by atoms with Gasteiger partial charge in [-0.25, -0.2) is 24.1 Å². The number of aromatic nitrogens is 3. The zero-order chi connectivity index (χ0) is 25.4. The van der Waals surface area contributed by atoms with Crippen molar-refractivity contribution in [1.29, 1.82) is 0 Å². The van der Waals surface area contributed by atoms with Crippen molar-refractivity contribution in [1.82, 2.24) is 19.9 Å². The molecule has 190 valence electrons. The third-order valence-corrected chi connectivity index (χ3v) is 5.66. The standard InChI is InChI=1S/C25H27F2N5O4/c1-25(2,3)36-24(33)32-11-10-15(12-32)35-19-9-7-17-22(31-19)23(29-13-28-17)30-16-6-8-18(21(27)20(16)26)34-14-4-5-14/h6-9,13-15H,4-5,10-12H2,1-3H3,(H,28,29,30)/t15-/m0/s1. The summed E-state index contributed by atoms with van der Waals surface area (Å²) in [7, 11) is 0. The van der Waals surface area contributed by atoms with Gasteiger partial charge in [-0.3, -0.25) is 0 Å². The Hall–Kier alpha value is -3.76. The zero-order valence-corrected chi connectivity index (χ0v) is 20.3. The van der Waals surface area contributed by atoms with Crippen LogP contribution in [0.4, 0.5) is 25.1 Å². The van der Waals surface area contributed by atoms with Crippen LogP contribution in [-0.2, 0) is 4.74 Å². The van der Waals surface area contributed by atoms with Crippen LogP contribution in [0.25, 0.3) is 11.0 Å². The van der Waals surface area contributed by atoms with Gasteiger partial charge in [0, 0.05) is 19.0 Å². The lowest BCUT2D eigenvalue weighted by atomic mass is 10.2. The SMILES string of the molecule is CC(C)(C)OC(=O)N1CC[C@H](Oc2ccc3ncnc(Nc4ccc(OC5CC5)c(F)c4F)c3n2)C1. The molecule has 0 bridgehead atoms. The largest absolute Gasteiger partial charge is 0.487 e. The topological polar surface area (TPSA) is 98.7 Å². The molecule has 36 heavy (non-hydrogen) atoms. The van der Waals surface area contributed by atoms with Crippen molar-refractivity contribution >= 4 is 28.6 Å². The van der Waals surface area contributed by atoms with Gasteiger partial charge in [-0.1, -0.05) is 0 Å². The maximum atomic E-state index is 14.7. The van der Waals surface area contributed by atoms with Gasteiger partial charge < -0.3 is 24.4 Å². The second-order valence-corrected chi connectivity index (χ2v) is 9.88. The van der Waals surface area contributed by atoms with E-state index in [1.807, 2.05) is 20.8 Å². The van der Waals surface area contributed by atoms with Crippen molar-refractivity contribution in [2.45, 2.75) is 57.8 Å². The number of ether oxygens (including phenoxy) is 3. The van der Waals surface area contributed by atoms with E-state index in [0.29, 0.717) is 36.4 Å². The Morgan fingerprint density at radius 2 is 1.83 bits per heavy atom. The maximum Gasteiger partial charge on any atom is 0.410 e. The molecule has 11 heteroatoms. The number of halogens is 2. The second kappa shape index (κ2) is 9.36. The van der Waals surface area contributed by atoms with Crippen LogP contribution in [0.2, 0.25) is 0 Å². The van der Waals surface area contributed by atoms with Gasteiger partial charge in [0.05, 0.1) is 23.9 Å². The Morgan fingerprint density at radius 1 is 1.03 bits per heavy atom. The Bertz CT molecular complexity index is 1300.